The Morgan fingerprint density at radius 3 is 2.48 bits per heavy atom. The van der Waals surface area contributed by atoms with Crippen molar-refractivity contribution in [2.45, 2.75) is 26.5 Å². The van der Waals surface area contributed by atoms with Crippen molar-refractivity contribution in [3.05, 3.63) is 48.0 Å². The number of para-hydroxylation sites is 1. The van der Waals surface area contributed by atoms with Crippen LogP contribution in [0.3, 0.4) is 0 Å². The molecule has 0 radical (unpaired) electrons. The van der Waals surface area contributed by atoms with Crippen LogP contribution in [0.1, 0.15) is 19.4 Å². The van der Waals surface area contributed by atoms with Crippen LogP contribution >= 0.6 is 0 Å². The molecule has 0 aliphatic carbocycles. The van der Waals surface area contributed by atoms with Crippen LogP contribution in [0.4, 0.5) is 0 Å². The number of nitrogens with one attached hydrogen (secondary N) is 1. The summed E-state index contributed by atoms with van der Waals surface area (Å²) in [5, 5.41) is 3.17. The SMILES string of the molecule is CNCc1cc(-c2ccccc2OC(C)C)ccc1OC. The Balaban J connectivity index is 2.44. The van der Waals surface area contributed by atoms with E-state index in [-0.39, 0.29) is 6.10 Å². The van der Waals surface area contributed by atoms with Gasteiger partial charge in [0.1, 0.15) is 11.5 Å². The van der Waals surface area contributed by atoms with Gasteiger partial charge < -0.3 is 14.8 Å². The lowest BCUT2D eigenvalue weighted by atomic mass is 10.0. The van der Waals surface area contributed by atoms with E-state index in [0.717, 1.165) is 34.7 Å². The third-order valence-corrected chi connectivity index (χ3v) is 3.21. The van der Waals surface area contributed by atoms with Gasteiger partial charge in [-0.3, -0.25) is 0 Å². The maximum Gasteiger partial charge on any atom is 0.127 e. The molecule has 2 aromatic rings. The first-order valence-corrected chi connectivity index (χ1v) is 7.23. The second kappa shape index (κ2) is 7.14. The lowest BCUT2D eigenvalue weighted by molar-refractivity contribution is 0.243. The van der Waals surface area contributed by atoms with E-state index in [9.17, 15) is 0 Å². The van der Waals surface area contributed by atoms with Gasteiger partial charge in [0, 0.05) is 17.7 Å². The molecule has 3 heteroatoms. The lowest BCUT2D eigenvalue weighted by Crippen LogP contribution is -2.08. The van der Waals surface area contributed by atoms with E-state index in [1.807, 2.05) is 45.2 Å². The molecule has 3 nitrogen and oxygen atoms in total. The average Bonchev–Trinajstić information content (AvgIpc) is 2.47. The van der Waals surface area contributed by atoms with E-state index >= 15 is 0 Å². The number of methoxy groups -OCH3 is 1. The Kier molecular flexibility index (Phi) is 5.23. The van der Waals surface area contributed by atoms with Gasteiger partial charge in [0.05, 0.1) is 13.2 Å². The zero-order valence-electron chi connectivity index (χ0n) is 13.1. The Labute approximate surface area is 126 Å². The molecule has 112 valence electrons. The molecule has 0 saturated carbocycles. The maximum absolute atomic E-state index is 5.91. The van der Waals surface area contributed by atoms with Crippen molar-refractivity contribution in [3.8, 4) is 22.6 Å². The summed E-state index contributed by atoms with van der Waals surface area (Å²) in [7, 11) is 3.63. The summed E-state index contributed by atoms with van der Waals surface area (Å²) in [6.45, 7) is 4.85. The molecule has 0 atom stereocenters. The van der Waals surface area contributed by atoms with Gasteiger partial charge in [0.2, 0.25) is 0 Å². The minimum atomic E-state index is 0.154. The van der Waals surface area contributed by atoms with Crippen LogP contribution < -0.4 is 14.8 Å². The number of hydrogen-bond acceptors (Lipinski definition) is 3. The quantitative estimate of drug-likeness (QED) is 0.874. The lowest BCUT2D eigenvalue weighted by Gasteiger charge is -2.16. The molecule has 0 bridgehead atoms. The predicted molar refractivity (Wildman–Crippen MR) is 87.0 cm³/mol. The number of benzene rings is 2. The average molecular weight is 285 g/mol. The standard InChI is InChI=1S/C18H23NO2/c1-13(2)21-18-8-6-5-7-16(18)14-9-10-17(20-4)15(11-14)12-19-3/h5-11,13,19H,12H2,1-4H3. The van der Waals surface area contributed by atoms with Gasteiger partial charge in [-0.25, -0.2) is 0 Å². The molecule has 0 amide bonds. The molecular formula is C18H23NO2. The fourth-order valence-electron chi connectivity index (χ4n) is 2.34. The molecule has 21 heavy (non-hydrogen) atoms. The molecule has 0 unspecified atom stereocenters. The fourth-order valence-corrected chi connectivity index (χ4v) is 2.34. The van der Waals surface area contributed by atoms with Gasteiger partial charge in [-0.05, 0) is 44.7 Å². The van der Waals surface area contributed by atoms with Gasteiger partial charge in [-0.1, -0.05) is 24.3 Å². The fraction of sp³-hybridized carbons (Fsp3) is 0.333. The molecule has 0 saturated heterocycles. The highest BCUT2D eigenvalue weighted by Crippen LogP contribution is 2.33. The van der Waals surface area contributed by atoms with Gasteiger partial charge >= 0.3 is 0 Å². The van der Waals surface area contributed by atoms with Crippen molar-refractivity contribution in [3.63, 3.8) is 0 Å². The Morgan fingerprint density at radius 2 is 1.81 bits per heavy atom. The first-order valence-electron chi connectivity index (χ1n) is 7.23. The normalized spacial score (nSPS) is 10.7. The van der Waals surface area contributed by atoms with Crippen LogP contribution in [0.15, 0.2) is 42.5 Å². The summed E-state index contributed by atoms with van der Waals surface area (Å²) in [6, 6.07) is 14.4. The van der Waals surface area contributed by atoms with Gasteiger partial charge in [0.15, 0.2) is 0 Å². The maximum atomic E-state index is 5.91. The van der Waals surface area contributed by atoms with E-state index in [2.05, 4.69) is 23.5 Å². The second-order valence-electron chi connectivity index (χ2n) is 5.22. The topological polar surface area (TPSA) is 30.5 Å². The highest BCUT2D eigenvalue weighted by atomic mass is 16.5. The minimum absolute atomic E-state index is 0.154. The number of ether oxygens (including phenoxy) is 2. The van der Waals surface area contributed by atoms with E-state index in [0.29, 0.717) is 0 Å². The molecular weight excluding hydrogens is 262 g/mol. The molecule has 2 aromatic carbocycles. The predicted octanol–water partition coefficient (Wildman–Crippen LogP) is 3.87. The van der Waals surface area contributed by atoms with Crippen LogP contribution in [0.25, 0.3) is 11.1 Å². The third kappa shape index (κ3) is 3.76. The zero-order chi connectivity index (χ0) is 15.2. The molecule has 0 fully saturated rings. The summed E-state index contributed by atoms with van der Waals surface area (Å²) >= 11 is 0. The van der Waals surface area contributed by atoms with Crippen LogP contribution in [-0.4, -0.2) is 20.3 Å². The molecule has 0 aromatic heterocycles. The Hall–Kier alpha value is -2.00. The van der Waals surface area contributed by atoms with Gasteiger partial charge in [-0.15, -0.1) is 0 Å². The summed E-state index contributed by atoms with van der Waals surface area (Å²) in [6.07, 6.45) is 0.154. The first kappa shape index (κ1) is 15.4. The monoisotopic (exact) mass is 285 g/mol. The smallest absolute Gasteiger partial charge is 0.127 e. The molecule has 0 aliphatic rings. The van der Waals surface area contributed by atoms with Crippen molar-refractivity contribution in [2.24, 2.45) is 0 Å². The van der Waals surface area contributed by atoms with E-state index in [1.54, 1.807) is 7.11 Å². The molecule has 1 N–H and O–H groups in total. The molecule has 0 spiro atoms. The van der Waals surface area contributed by atoms with Crippen LogP contribution in [0, 0.1) is 0 Å². The van der Waals surface area contributed by atoms with Crippen LogP contribution in [-0.2, 0) is 6.54 Å². The number of rotatable bonds is 6. The second-order valence-corrected chi connectivity index (χ2v) is 5.22. The van der Waals surface area contributed by atoms with Crippen molar-refractivity contribution < 1.29 is 9.47 Å². The third-order valence-electron chi connectivity index (χ3n) is 3.21. The largest absolute Gasteiger partial charge is 0.496 e. The zero-order valence-corrected chi connectivity index (χ0v) is 13.1. The van der Waals surface area contributed by atoms with E-state index in [4.69, 9.17) is 9.47 Å². The molecule has 2 rings (SSSR count). The van der Waals surface area contributed by atoms with Crippen molar-refractivity contribution in [2.75, 3.05) is 14.2 Å². The summed E-state index contributed by atoms with van der Waals surface area (Å²) in [4.78, 5) is 0. The van der Waals surface area contributed by atoms with Crippen LogP contribution in [0.2, 0.25) is 0 Å². The molecule has 0 heterocycles. The van der Waals surface area contributed by atoms with Crippen LogP contribution in [0.5, 0.6) is 11.5 Å². The highest BCUT2D eigenvalue weighted by Gasteiger charge is 2.10. The van der Waals surface area contributed by atoms with Crippen molar-refractivity contribution >= 4 is 0 Å². The minimum Gasteiger partial charge on any atom is -0.496 e. The van der Waals surface area contributed by atoms with E-state index in [1.165, 1.54) is 0 Å². The molecule has 0 aliphatic heterocycles. The van der Waals surface area contributed by atoms with E-state index < -0.39 is 0 Å². The number of hydrogen-bond donors (Lipinski definition) is 1. The van der Waals surface area contributed by atoms with Crippen molar-refractivity contribution in [1.82, 2.24) is 5.32 Å². The van der Waals surface area contributed by atoms with Gasteiger partial charge in [0.25, 0.3) is 0 Å². The first-order chi connectivity index (χ1) is 10.2. The summed E-state index contributed by atoms with van der Waals surface area (Å²) < 4.78 is 11.3. The Bertz CT molecular complexity index is 594. The van der Waals surface area contributed by atoms with Gasteiger partial charge in [-0.2, -0.15) is 0 Å². The summed E-state index contributed by atoms with van der Waals surface area (Å²) in [5.74, 6) is 1.81. The van der Waals surface area contributed by atoms with Crippen molar-refractivity contribution in [1.29, 1.82) is 0 Å². The highest BCUT2D eigenvalue weighted by molar-refractivity contribution is 5.72. The Morgan fingerprint density at radius 1 is 1.05 bits per heavy atom. The summed E-state index contributed by atoms with van der Waals surface area (Å²) in [5.41, 5.74) is 3.38.